The van der Waals surface area contributed by atoms with Gasteiger partial charge in [0.2, 0.25) is 5.95 Å². The van der Waals surface area contributed by atoms with Gasteiger partial charge in [0.1, 0.15) is 4.83 Å². The number of nitrogens with one attached hydrogen (secondary N) is 1. The number of anilines is 1. The topological polar surface area (TPSA) is 80.9 Å². The summed E-state index contributed by atoms with van der Waals surface area (Å²) in [4.78, 5) is 22.2. The van der Waals surface area contributed by atoms with Crippen molar-refractivity contribution in [3.05, 3.63) is 39.8 Å². The number of carbonyl (C=O) groups excluding carboxylic acids is 1. The van der Waals surface area contributed by atoms with Gasteiger partial charge in [0.05, 0.1) is 10.6 Å². The van der Waals surface area contributed by atoms with Crippen molar-refractivity contribution in [2.45, 2.75) is 27.7 Å². The van der Waals surface area contributed by atoms with Crippen molar-refractivity contribution in [2.75, 3.05) is 12.3 Å². The smallest absolute Gasteiger partial charge is 0.261 e. The molecule has 0 saturated carbocycles. The largest absolute Gasteiger partial charge is 0.368 e. The Balaban J connectivity index is 2.24. The Bertz CT molecular complexity index is 946. The van der Waals surface area contributed by atoms with Crippen LogP contribution in [-0.2, 0) is 0 Å². The van der Waals surface area contributed by atoms with Gasteiger partial charge in [-0.05, 0) is 56.5 Å². The zero-order chi connectivity index (χ0) is 17.4. The lowest BCUT2D eigenvalue weighted by atomic mass is 9.97. The van der Waals surface area contributed by atoms with E-state index in [4.69, 9.17) is 5.73 Å². The Labute approximate surface area is 144 Å². The summed E-state index contributed by atoms with van der Waals surface area (Å²) in [6, 6.07) is 6.12. The molecule has 2 heterocycles. The average Bonchev–Trinajstić information content (AvgIpc) is 2.94. The molecule has 0 spiro atoms. The van der Waals surface area contributed by atoms with Crippen molar-refractivity contribution in [1.82, 2.24) is 15.3 Å². The number of nitrogens with zero attached hydrogens (tertiary/aromatic N) is 2. The monoisotopic (exact) mass is 340 g/mol. The zero-order valence-corrected chi connectivity index (χ0v) is 15.0. The van der Waals surface area contributed by atoms with Crippen molar-refractivity contribution in [1.29, 1.82) is 0 Å². The van der Waals surface area contributed by atoms with E-state index in [0.717, 1.165) is 27.0 Å². The van der Waals surface area contributed by atoms with E-state index in [1.54, 1.807) is 0 Å². The van der Waals surface area contributed by atoms with E-state index < -0.39 is 0 Å². The summed E-state index contributed by atoms with van der Waals surface area (Å²) < 4.78 is 0. The van der Waals surface area contributed by atoms with E-state index in [0.29, 0.717) is 11.4 Å². The lowest BCUT2D eigenvalue weighted by molar-refractivity contribution is 0.0960. The average molecular weight is 340 g/mol. The molecule has 0 radical (unpaired) electrons. The van der Waals surface area contributed by atoms with Crippen LogP contribution in [0.3, 0.4) is 0 Å². The Hall–Kier alpha value is -2.47. The molecule has 0 aliphatic carbocycles. The Morgan fingerprint density at radius 1 is 1.12 bits per heavy atom. The Kier molecular flexibility index (Phi) is 4.24. The third kappa shape index (κ3) is 2.85. The maximum Gasteiger partial charge on any atom is 0.261 e. The molecule has 6 heteroatoms. The lowest BCUT2D eigenvalue weighted by Crippen LogP contribution is -2.21. The minimum atomic E-state index is -0.0955. The molecule has 0 saturated heterocycles. The third-order valence-corrected chi connectivity index (χ3v) is 5.09. The Morgan fingerprint density at radius 2 is 1.83 bits per heavy atom. The minimum absolute atomic E-state index is 0.0955. The summed E-state index contributed by atoms with van der Waals surface area (Å²) in [5.74, 6) is 0.126. The van der Waals surface area contributed by atoms with Crippen molar-refractivity contribution >= 4 is 33.4 Å². The Morgan fingerprint density at radius 3 is 2.54 bits per heavy atom. The van der Waals surface area contributed by atoms with Crippen LogP contribution in [0.5, 0.6) is 0 Å². The van der Waals surface area contributed by atoms with Crippen LogP contribution < -0.4 is 11.1 Å². The van der Waals surface area contributed by atoms with Gasteiger partial charge in [-0.3, -0.25) is 4.79 Å². The zero-order valence-electron chi connectivity index (χ0n) is 14.2. The molecule has 0 bridgehead atoms. The van der Waals surface area contributed by atoms with Crippen molar-refractivity contribution < 1.29 is 4.79 Å². The molecule has 24 heavy (non-hydrogen) atoms. The second-order valence-corrected chi connectivity index (χ2v) is 6.90. The van der Waals surface area contributed by atoms with Gasteiger partial charge in [-0.25, -0.2) is 9.97 Å². The first-order valence-corrected chi connectivity index (χ1v) is 8.65. The van der Waals surface area contributed by atoms with Crippen molar-refractivity contribution in [3.63, 3.8) is 0 Å². The minimum Gasteiger partial charge on any atom is -0.368 e. The summed E-state index contributed by atoms with van der Waals surface area (Å²) in [6.07, 6.45) is 0. The fraction of sp³-hybridized carbons (Fsp3) is 0.278. The highest BCUT2D eigenvalue weighted by Gasteiger charge is 2.17. The number of benzene rings is 1. The van der Waals surface area contributed by atoms with E-state index in [-0.39, 0.29) is 11.9 Å². The maximum absolute atomic E-state index is 12.1. The predicted octanol–water partition coefficient (Wildman–Crippen LogP) is 3.62. The number of nitrogens with two attached hydrogens (primary N) is 1. The molecular formula is C18H20N4OS. The van der Waals surface area contributed by atoms with E-state index in [1.807, 2.05) is 13.0 Å². The van der Waals surface area contributed by atoms with Crippen LogP contribution in [0.1, 0.15) is 33.3 Å². The summed E-state index contributed by atoms with van der Waals surface area (Å²) in [7, 11) is 0. The van der Waals surface area contributed by atoms with Gasteiger partial charge in [-0.15, -0.1) is 11.3 Å². The van der Waals surface area contributed by atoms with Crippen molar-refractivity contribution in [2.24, 2.45) is 0 Å². The number of carbonyl (C=O) groups is 1. The van der Waals surface area contributed by atoms with Crippen LogP contribution in [-0.4, -0.2) is 22.4 Å². The molecule has 0 atom stereocenters. The van der Waals surface area contributed by atoms with Crippen LogP contribution in [0.15, 0.2) is 18.2 Å². The second-order valence-electron chi connectivity index (χ2n) is 5.87. The number of rotatable bonds is 3. The number of nitrogen functional groups attached to an aromatic ring is 1. The van der Waals surface area contributed by atoms with E-state index in [2.05, 4.69) is 48.2 Å². The fourth-order valence-corrected chi connectivity index (χ4v) is 3.67. The molecule has 3 N–H and O–H groups in total. The van der Waals surface area contributed by atoms with Crippen LogP contribution in [0.4, 0.5) is 5.95 Å². The van der Waals surface area contributed by atoms with Gasteiger partial charge in [0, 0.05) is 17.5 Å². The standard InChI is InChI=1S/C18H20N4OS/c1-5-20-16(23)14-8-13-15(21-18(19)22-17(13)24-14)12-7-10(3)9(2)6-11(12)4/h6-8H,5H2,1-4H3,(H,20,23)(H2,19,21,22). The quantitative estimate of drug-likeness (QED) is 0.763. The predicted molar refractivity (Wildman–Crippen MR) is 99.5 cm³/mol. The summed E-state index contributed by atoms with van der Waals surface area (Å²) >= 11 is 1.34. The molecular weight excluding hydrogens is 320 g/mol. The van der Waals surface area contributed by atoms with Gasteiger partial charge < -0.3 is 11.1 Å². The highest BCUT2D eigenvalue weighted by atomic mass is 32.1. The highest BCUT2D eigenvalue weighted by molar-refractivity contribution is 7.20. The van der Waals surface area contributed by atoms with Gasteiger partial charge in [0.25, 0.3) is 5.91 Å². The summed E-state index contributed by atoms with van der Waals surface area (Å²) in [6.45, 7) is 8.71. The van der Waals surface area contributed by atoms with E-state index in [9.17, 15) is 4.79 Å². The molecule has 2 aromatic heterocycles. The number of aromatic nitrogens is 2. The first-order valence-electron chi connectivity index (χ1n) is 7.84. The number of hydrogen-bond donors (Lipinski definition) is 2. The normalized spacial score (nSPS) is 11.0. The third-order valence-electron chi connectivity index (χ3n) is 4.07. The van der Waals surface area contributed by atoms with E-state index >= 15 is 0 Å². The number of amides is 1. The molecule has 0 aliphatic heterocycles. The van der Waals surface area contributed by atoms with Crippen molar-refractivity contribution in [3.8, 4) is 11.3 Å². The molecule has 3 rings (SSSR count). The molecule has 124 valence electrons. The molecule has 0 aliphatic rings. The first kappa shape index (κ1) is 16.4. The van der Waals surface area contributed by atoms with Gasteiger partial charge in [-0.1, -0.05) is 6.07 Å². The van der Waals surface area contributed by atoms with Crippen LogP contribution in [0.2, 0.25) is 0 Å². The van der Waals surface area contributed by atoms with Crippen LogP contribution >= 0.6 is 11.3 Å². The molecule has 0 unspecified atom stereocenters. The SMILES string of the molecule is CCNC(=O)c1cc2c(-c3cc(C)c(C)cc3C)nc(N)nc2s1. The number of thiophene rings is 1. The first-order chi connectivity index (χ1) is 11.4. The van der Waals surface area contributed by atoms with Gasteiger partial charge in [-0.2, -0.15) is 0 Å². The number of fused-ring (bicyclic) bond motifs is 1. The lowest BCUT2D eigenvalue weighted by Gasteiger charge is -2.10. The molecule has 1 aromatic carbocycles. The molecule has 5 nitrogen and oxygen atoms in total. The summed E-state index contributed by atoms with van der Waals surface area (Å²) in [5, 5.41) is 3.68. The molecule has 3 aromatic rings. The van der Waals surface area contributed by atoms with Crippen LogP contribution in [0, 0.1) is 20.8 Å². The van der Waals surface area contributed by atoms with Gasteiger partial charge >= 0.3 is 0 Å². The molecule has 1 amide bonds. The maximum atomic E-state index is 12.1. The second kappa shape index (κ2) is 6.20. The van der Waals surface area contributed by atoms with E-state index in [1.165, 1.54) is 22.5 Å². The van der Waals surface area contributed by atoms with Crippen LogP contribution in [0.25, 0.3) is 21.5 Å². The van der Waals surface area contributed by atoms with Gasteiger partial charge in [0.15, 0.2) is 0 Å². The fourth-order valence-electron chi connectivity index (χ4n) is 2.72. The molecule has 0 fully saturated rings. The number of hydrogen-bond acceptors (Lipinski definition) is 5. The highest BCUT2D eigenvalue weighted by Crippen LogP contribution is 2.34. The number of aryl methyl sites for hydroxylation is 3. The summed E-state index contributed by atoms with van der Waals surface area (Å²) in [5.41, 5.74) is 11.3.